The van der Waals surface area contributed by atoms with Gasteiger partial charge in [-0.15, -0.1) is 0 Å². The normalized spacial score (nSPS) is 24.5. The second kappa shape index (κ2) is 7.68. The van der Waals surface area contributed by atoms with E-state index in [9.17, 15) is 9.67 Å². The molecule has 1 heterocycles. The van der Waals surface area contributed by atoms with E-state index in [1.807, 2.05) is 37.3 Å². The molecule has 1 fully saturated rings. The maximum atomic E-state index is 13.0. The summed E-state index contributed by atoms with van der Waals surface area (Å²) in [6.07, 6.45) is -0.820. The molecule has 0 radical (unpaired) electrons. The van der Waals surface area contributed by atoms with E-state index in [1.165, 1.54) is 0 Å². The number of nitrogens with zero attached hydrogens (tertiary/aromatic N) is 1. The molecule has 0 spiro atoms. The van der Waals surface area contributed by atoms with Gasteiger partial charge in [-0.1, -0.05) is 30.3 Å². The van der Waals surface area contributed by atoms with Crippen molar-refractivity contribution in [3.8, 4) is 0 Å². The minimum absolute atomic E-state index is 0.183. The van der Waals surface area contributed by atoms with Gasteiger partial charge in [-0.05, 0) is 26.3 Å². The van der Waals surface area contributed by atoms with Crippen LogP contribution in [0.2, 0.25) is 0 Å². The first kappa shape index (κ1) is 17.6. The predicted octanol–water partition coefficient (Wildman–Crippen LogP) is 3.30. The summed E-state index contributed by atoms with van der Waals surface area (Å²) in [6, 6.07) is 9.52. The molecule has 0 aliphatic carbocycles. The Morgan fingerprint density at radius 3 is 2.45 bits per heavy atom. The largest absolute Gasteiger partial charge is 0.366 e. The lowest BCUT2D eigenvalue weighted by Crippen LogP contribution is -2.32. The summed E-state index contributed by atoms with van der Waals surface area (Å²) < 4.78 is 23.9. The van der Waals surface area contributed by atoms with Gasteiger partial charge in [0.15, 0.2) is 6.29 Å². The first-order chi connectivity index (χ1) is 10.5. The second-order valence-corrected chi connectivity index (χ2v) is 7.29. The zero-order valence-corrected chi connectivity index (χ0v) is 14.1. The smallest absolute Gasteiger partial charge is 0.350 e. The molecule has 1 aliphatic heterocycles. The summed E-state index contributed by atoms with van der Waals surface area (Å²) in [6.45, 7) is 6.02. The van der Waals surface area contributed by atoms with Crippen LogP contribution in [0.15, 0.2) is 30.3 Å². The Hall–Kier alpha value is -0.750. The van der Waals surface area contributed by atoms with E-state index in [0.717, 1.165) is 5.56 Å². The molecule has 1 saturated heterocycles. The van der Waals surface area contributed by atoms with E-state index in [-0.39, 0.29) is 25.7 Å². The molecule has 1 aliphatic rings. The fourth-order valence-corrected chi connectivity index (χ4v) is 4.71. The van der Waals surface area contributed by atoms with E-state index in [2.05, 4.69) is 0 Å². The van der Waals surface area contributed by atoms with Crippen LogP contribution in [-0.4, -0.2) is 35.5 Å². The molecule has 1 N–H and O–H groups in total. The van der Waals surface area contributed by atoms with Crippen molar-refractivity contribution >= 4 is 7.60 Å². The van der Waals surface area contributed by atoms with Crippen molar-refractivity contribution < 1.29 is 23.6 Å². The molecule has 0 saturated carbocycles. The number of rotatable bonds is 7. The molecule has 124 valence electrons. The lowest BCUT2D eigenvalue weighted by molar-refractivity contribution is -0.234. The van der Waals surface area contributed by atoms with Crippen LogP contribution in [0.25, 0.3) is 0 Å². The van der Waals surface area contributed by atoms with Crippen LogP contribution in [0.4, 0.5) is 0 Å². The van der Waals surface area contributed by atoms with Crippen molar-refractivity contribution in [1.82, 2.24) is 5.06 Å². The van der Waals surface area contributed by atoms with E-state index in [1.54, 1.807) is 18.9 Å². The minimum atomic E-state index is -3.39. The first-order valence-corrected chi connectivity index (χ1v) is 9.20. The van der Waals surface area contributed by atoms with Gasteiger partial charge in [0.1, 0.15) is 5.78 Å². The van der Waals surface area contributed by atoms with Gasteiger partial charge in [0, 0.05) is 6.42 Å². The van der Waals surface area contributed by atoms with Crippen LogP contribution >= 0.6 is 7.60 Å². The monoisotopic (exact) mass is 329 g/mol. The molecule has 3 atom stereocenters. The van der Waals surface area contributed by atoms with Crippen molar-refractivity contribution in [2.24, 2.45) is 0 Å². The molecule has 1 aromatic carbocycles. The van der Waals surface area contributed by atoms with Gasteiger partial charge >= 0.3 is 7.60 Å². The highest BCUT2D eigenvalue weighted by Crippen LogP contribution is 2.59. The Bertz CT molecular complexity index is 502. The summed E-state index contributed by atoms with van der Waals surface area (Å²) >= 11 is 0. The maximum Gasteiger partial charge on any atom is 0.350 e. The van der Waals surface area contributed by atoms with Crippen molar-refractivity contribution in [2.45, 2.75) is 45.3 Å². The van der Waals surface area contributed by atoms with Gasteiger partial charge in [0.05, 0.1) is 19.3 Å². The highest BCUT2D eigenvalue weighted by atomic mass is 31.2. The van der Waals surface area contributed by atoms with Crippen molar-refractivity contribution in [3.05, 3.63) is 35.9 Å². The number of aliphatic hydroxyl groups is 1. The summed E-state index contributed by atoms with van der Waals surface area (Å²) in [7, 11) is -3.39. The van der Waals surface area contributed by atoms with Crippen LogP contribution < -0.4 is 0 Å². The van der Waals surface area contributed by atoms with E-state index in [0.29, 0.717) is 0 Å². The average molecular weight is 329 g/mol. The topological polar surface area (TPSA) is 68.2 Å². The number of hydrogen-bond donors (Lipinski definition) is 1. The van der Waals surface area contributed by atoms with Crippen molar-refractivity contribution in [2.75, 3.05) is 13.2 Å². The third-order valence-electron chi connectivity index (χ3n) is 3.60. The molecule has 0 amide bonds. The lowest BCUT2D eigenvalue weighted by Gasteiger charge is -2.32. The third-order valence-corrected chi connectivity index (χ3v) is 6.00. The molecule has 22 heavy (non-hydrogen) atoms. The molecule has 0 bridgehead atoms. The highest BCUT2D eigenvalue weighted by Gasteiger charge is 2.49. The standard InChI is InChI=1S/C15H24NO5P/c1-4-19-22(18,20-5-2)14-11-15(17)21-16(14)12(3)13-9-7-6-8-10-13/h6-10,12,14-15,17H,4-5,11H2,1-3H3/t12-,14-,15-/m0/s1. The summed E-state index contributed by atoms with van der Waals surface area (Å²) in [5, 5.41) is 11.4. The van der Waals surface area contributed by atoms with Crippen LogP contribution in [0, 0.1) is 0 Å². The molecule has 7 heteroatoms. The Morgan fingerprint density at radius 1 is 1.32 bits per heavy atom. The summed E-state index contributed by atoms with van der Waals surface area (Å²) in [5.41, 5.74) is 1.00. The van der Waals surface area contributed by atoms with Crippen LogP contribution in [0.1, 0.15) is 38.8 Å². The van der Waals surface area contributed by atoms with Gasteiger partial charge in [0.2, 0.25) is 0 Å². The first-order valence-electron chi connectivity index (χ1n) is 7.58. The lowest BCUT2D eigenvalue weighted by atomic mass is 10.1. The number of aliphatic hydroxyl groups excluding tert-OH is 1. The Kier molecular flexibility index (Phi) is 6.15. The molecule has 0 unspecified atom stereocenters. The maximum absolute atomic E-state index is 13.0. The van der Waals surface area contributed by atoms with Crippen LogP contribution in [-0.2, 0) is 18.5 Å². The summed E-state index contributed by atoms with van der Waals surface area (Å²) in [5.74, 6) is -0.627. The molecular weight excluding hydrogens is 305 g/mol. The highest BCUT2D eigenvalue weighted by molar-refractivity contribution is 7.54. The minimum Gasteiger partial charge on any atom is -0.366 e. The Labute approximate surface area is 131 Å². The Balaban J connectivity index is 2.27. The van der Waals surface area contributed by atoms with Gasteiger partial charge in [-0.3, -0.25) is 9.40 Å². The van der Waals surface area contributed by atoms with Gasteiger partial charge in [-0.2, -0.15) is 5.06 Å². The fourth-order valence-electron chi connectivity index (χ4n) is 2.60. The van der Waals surface area contributed by atoms with E-state index in [4.69, 9.17) is 13.9 Å². The van der Waals surface area contributed by atoms with E-state index >= 15 is 0 Å². The fraction of sp³-hybridized carbons (Fsp3) is 0.600. The number of hydroxylamine groups is 2. The van der Waals surface area contributed by atoms with Crippen LogP contribution in [0.5, 0.6) is 0 Å². The third kappa shape index (κ3) is 3.77. The zero-order chi connectivity index (χ0) is 16.2. The SMILES string of the molecule is CCOP(=O)(OCC)[C@H]1C[C@@H](O)ON1[C@@H](C)c1ccccc1. The Morgan fingerprint density at radius 2 is 1.91 bits per heavy atom. The van der Waals surface area contributed by atoms with E-state index < -0.39 is 19.7 Å². The zero-order valence-electron chi connectivity index (χ0n) is 13.2. The second-order valence-electron chi connectivity index (χ2n) is 5.10. The van der Waals surface area contributed by atoms with Gasteiger partial charge in [-0.25, -0.2) is 0 Å². The van der Waals surface area contributed by atoms with Crippen LogP contribution in [0.3, 0.4) is 0 Å². The quantitative estimate of drug-likeness (QED) is 0.774. The van der Waals surface area contributed by atoms with Crippen molar-refractivity contribution in [3.63, 3.8) is 0 Å². The number of benzene rings is 1. The molecule has 0 aromatic heterocycles. The average Bonchev–Trinajstić information content (AvgIpc) is 2.90. The summed E-state index contributed by atoms with van der Waals surface area (Å²) in [4.78, 5) is 5.49. The van der Waals surface area contributed by atoms with Crippen molar-refractivity contribution in [1.29, 1.82) is 0 Å². The molecule has 1 aromatic rings. The van der Waals surface area contributed by atoms with Gasteiger partial charge in [0.25, 0.3) is 0 Å². The molecular formula is C15H24NO5P. The molecule has 6 nitrogen and oxygen atoms in total. The molecule has 2 rings (SSSR count). The van der Waals surface area contributed by atoms with Gasteiger partial charge < -0.3 is 14.2 Å². The predicted molar refractivity (Wildman–Crippen MR) is 83.1 cm³/mol. The number of hydrogen-bond acceptors (Lipinski definition) is 6.